The third-order valence-corrected chi connectivity index (χ3v) is 4.41. The van der Waals surface area contributed by atoms with E-state index >= 15 is 0 Å². The summed E-state index contributed by atoms with van der Waals surface area (Å²) in [6.07, 6.45) is 5.55. The smallest absolute Gasteiger partial charge is 0.271 e. The lowest BCUT2D eigenvalue weighted by Gasteiger charge is -2.27. The van der Waals surface area contributed by atoms with Gasteiger partial charge in [0.2, 0.25) is 0 Å². The van der Waals surface area contributed by atoms with Crippen LogP contribution in [0.25, 0.3) is 0 Å². The Kier molecular flexibility index (Phi) is 5.14. The van der Waals surface area contributed by atoms with E-state index in [0.717, 1.165) is 36.9 Å². The molecule has 0 unspecified atom stereocenters. The molecule has 0 radical (unpaired) electrons. The molecule has 1 aliphatic carbocycles. The second-order valence-corrected chi connectivity index (χ2v) is 6.57. The number of rotatable bonds is 5. The molecule has 0 atom stereocenters. The highest BCUT2D eigenvalue weighted by Gasteiger charge is 2.20. The van der Waals surface area contributed by atoms with Gasteiger partial charge in [-0.05, 0) is 50.3 Å². The van der Waals surface area contributed by atoms with Crippen molar-refractivity contribution in [2.75, 3.05) is 10.6 Å². The highest BCUT2D eigenvalue weighted by molar-refractivity contribution is 5.96. The van der Waals surface area contributed by atoms with Crippen LogP contribution in [0.15, 0.2) is 30.5 Å². The Morgan fingerprint density at radius 3 is 2.68 bits per heavy atom. The van der Waals surface area contributed by atoms with Gasteiger partial charge in [-0.2, -0.15) is 0 Å². The number of anilines is 3. The highest BCUT2D eigenvalue weighted by atomic mass is 16.1. The standard InChI is InChI=1S/C18H24N6O/c1-11-3-2-4-14(9-11)23-18-16(17(20)25)21-10-15(24-18)22-13-7-5-12(19)6-8-13/h2-4,9-10,12-13H,5-8,19H2,1H3,(H2,20,25)(H2,22,23,24)/t12-,13+. The number of benzene rings is 1. The number of nitrogens with one attached hydrogen (secondary N) is 2. The minimum absolute atomic E-state index is 0.123. The number of carbonyl (C=O) groups is 1. The molecule has 1 saturated carbocycles. The first kappa shape index (κ1) is 17.2. The van der Waals surface area contributed by atoms with Gasteiger partial charge in [0.25, 0.3) is 5.91 Å². The third kappa shape index (κ3) is 4.45. The number of nitrogens with zero attached hydrogens (tertiary/aromatic N) is 2. The minimum atomic E-state index is -0.613. The average Bonchev–Trinajstić information content (AvgIpc) is 2.57. The number of aryl methyl sites for hydroxylation is 1. The summed E-state index contributed by atoms with van der Waals surface area (Å²) in [4.78, 5) is 20.4. The summed E-state index contributed by atoms with van der Waals surface area (Å²) in [5.74, 6) is 0.370. The van der Waals surface area contributed by atoms with Crippen LogP contribution in [0.3, 0.4) is 0 Å². The molecular formula is C18H24N6O. The van der Waals surface area contributed by atoms with Crippen LogP contribution in [-0.4, -0.2) is 28.0 Å². The Morgan fingerprint density at radius 1 is 1.24 bits per heavy atom. The topological polar surface area (TPSA) is 119 Å². The van der Waals surface area contributed by atoms with Gasteiger partial charge in [0.1, 0.15) is 5.82 Å². The van der Waals surface area contributed by atoms with Gasteiger partial charge in [-0.1, -0.05) is 12.1 Å². The summed E-state index contributed by atoms with van der Waals surface area (Å²) < 4.78 is 0. The number of hydrogen-bond acceptors (Lipinski definition) is 6. The number of hydrogen-bond donors (Lipinski definition) is 4. The summed E-state index contributed by atoms with van der Waals surface area (Å²) in [7, 11) is 0. The molecule has 1 fully saturated rings. The molecule has 7 nitrogen and oxygen atoms in total. The maximum atomic E-state index is 11.7. The van der Waals surface area contributed by atoms with E-state index in [1.54, 1.807) is 6.20 Å². The molecule has 0 bridgehead atoms. The minimum Gasteiger partial charge on any atom is -0.366 e. The molecular weight excluding hydrogens is 316 g/mol. The van der Waals surface area contributed by atoms with E-state index in [9.17, 15) is 4.79 Å². The van der Waals surface area contributed by atoms with Gasteiger partial charge in [0.05, 0.1) is 6.20 Å². The lowest BCUT2D eigenvalue weighted by Crippen LogP contribution is -2.33. The zero-order chi connectivity index (χ0) is 17.8. The van der Waals surface area contributed by atoms with Crippen molar-refractivity contribution in [2.45, 2.75) is 44.7 Å². The quantitative estimate of drug-likeness (QED) is 0.663. The molecule has 1 aromatic carbocycles. The van der Waals surface area contributed by atoms with E-state index in [4.69, 9.17) is 11.5 Å². The predicted octanol–water partition coefficient (Wildman–Crippen LogP) is 2.31. The van der Waals surface area contributed by atoms with Crippen LogP contribution in [0.4, 0.5) is 17.3 Å². The number of amides is 1. The molecule has 2 aromatic rings. The Bertz CT molecular complexity index is 755. The van der Waals surface area contributed by atoms with Crippen molar-refractivity contribution in [3.63, 3.8) is 0 Å². The van der Waals surface area contributed by atoms with Gasteiger partial charge in [-0.25, -0.2) is 9.97 Å². The molecule has 3 rings (SSSR count). The first-order valence-electron chi connectivity index (χ1n) is 8.54. The molecule has 132 valence electrons. The Labute approximate surface area is 147 Å². The number of carbonyl (C=O) groups excluding carboxylic acids is 1. The van der Waals surface area contributed by atoms with Crippen LogP contribution in [0.1, 0.15) is 41.7 Å². The van der Waals surface area contributed by atoms with Gasteiger partial charge < -0.3 is 22.1 Å². The van der Waals surface area contributed by atoms with E-state index in [1.165, 1.54) is 0 Å². The summed E-state index contributed by atoms with van der Waals surface area (Å²) in [5.41, 5.74) is 13.4. The van der Waals surface area contributed by atoms with Crippen LogP contribution < -0.4 is 22.1 Å². The zero-order valence-electron chi connectivity index (χ0n) is 14.3. The van der Waals surface area contributed by atoms with Crippen LogP contribution in [0.2, 0.25) is 0 Å². The van der Waals surface area contributed by atoms with Crippen LogP contribution >= 0.6 is 0 Å². The molecule has 25 heavy (non-hydrogen) atoms. The van der Waals surface area contributed by atoms with Gasteiger partial charge >= 0.3 is 0 Å². The number of primary amides is 1. The number of aromatic nitrogens is 2. The van der Waals surface area contributed by atoms with Gasteiger partial charge in [0.15, 0.2) is 11.5 Å². The fourth-order valence-electron chi connectivity index (χ4n) is 3.06. The van der Waals surface area contributed by atoms with Crippen LogP contribution in [-0.2, 0) is 0 Å². The number of nitrogens with two attached hydrogens (primary N) is 2. The normalized spacial score (nSPS) is 20.1. The first-order valence-corrected chi connectivity index (χ1v) is 8.54. The van der Waals surface area contributed by atoms with Crippen LogP contribution in [0.5, 0.6) is 0 Å². The van der Waals surface area contributed by atoms with Crippen molar-refractivity contribution in [3.05, 3.63) is 41.7 Å². The van der Waals surface area contributed by atoms with Gasteiger partial charge in [-0.3, -0.25) is 4.79 Å². The van der Waals surface area contributed by atoms with Crippen LogP contribution in [0, 0.1) is 6.92 Å². The van der Waals surface area contributed by atoms with Crippen molar-refractivity contribution in [2.24, 2.45) is 11.5 Å². The van der Waals surface area contributed by atoms with E-state index in [-0.39, 0.29) is 5.69 Å². The molecule has 0 spiro atoms. The first-order chi connectivity index (χ1) is 12.0. The second-order valence-electron chi connectivity index (χ2n) is 6.57. The molecule has 7 heteroatoms. The maximum Gasteiger partial charge on any atom is 0.271 e. The second kappa shape index (κ2) is 7.48. The summed E-state index contributed by atoms with van der Waals surface area (Å²) in [6.45, 7) is 2.00. The Hall–Kier alpha value is -2.67. The third-order valence-electron chi connectivity index (χ3n) is 4.41. The fraction of sp³-hybridized carbons (Fsp3) is 0.389. The fourth-order valence-corrected chi connectivity index (χ4v) is 3.06. The Morgan fingerprint density at radius 2 is 2.00 bits per heavy atom. The largest absolute Gasteiger partial charge is 0.366 e. The molecule has 0 aliphatic heterocycles. The SMILES string of the molecule is Cc1cccc(Nc2nc(N[C@H]3CC[C@@H](N)CC3)cnc2C(N)=O)c1. The summed E-state index contributed by atoms with van der Waals surface area (Å²) in [5, 5.41) is 6.53. The predicted molar refractivity (Wildman–Crippen MR) is 98.9 cm³/mol. The van der Waals surface area contributed by atoms with E-state index in [2.05, 4.69) is 20.6 Å². The van der Waals surface area contributed by atoms with Crippen molar-refractivity contribution in [1.82, 2.24) is 9.97 Å². The molecule has 1 amide bonds. The lowest BCUT2D eigenvalue weighted by atomic mass is 9.92. The highest BCUT2D eigenvalue weighted by Crippen LogP contribution is 2.23. The van der Waals surface area contributed by atoms with Gasteiger partial charge in [-0.15, -0.1) is 0 Å². The monoisotopic (exact) mass is 340 g/mol. The maximum absolute atomic E-state index is 11.7. The summed E-state index contributed by atoms with van der Waals surface area (Å²) in [6, 6.07) is 8.41. The van der Waals surface area contributed by atoms with Crippen molar-refractivity contribution >= 4 is 23.2 Å². The lowest BCUT2D eigenvalue weighted by molar-refractivity contribution is 0.0996. The van der Waals surface area contributed by atoms with Crippen molar-refractivity contribution < 1.29 is 4.79 Å². The van der Waals surface area contributed by atoms with Gasteiger partial charge in [0, 0.05) is 17.8 Å². The zero-order valence-corrected chi connectivity index (χ0v) is 14.3. The van der Waals surface area contributed by atoms with Crippen molar-refractivity contribution in [3.8, 4) is 0 Å². The molecule has 6 N–H and O–H groups in total. The average molecular weight is 340 g/mol. The van der Waals surface area contributed by atoms with E-state index in [1.807, 2.05) is 31.2 Å². The molecule has 0 saturated heterocycles. The van der Waals surface area contributed by atoms with Crippen molar-refractivity contribution in [1.29, 1.82) is 0 Å². The molecule has 1 aromatic heterocycles. The Balaban J connectivity index is 1.80. The van der Waals surface area contributed by atoms with E-state index in [0.29, 0.717) is 23.7 Å². The van der Waals surface area contributed by atoms with E-state index < -0.39 is 5.91 Å². The summed E-state index contributed by atoms with van der Waals surface area (Å²) >= 11 is 0. The molecule has 1 heterocycles. The molecule has 1 aliphatic rings.